The molecule has 5 nitrogen and oxygen atoms in total. The fourth-order valence-electron chi connectivity index (χ4n) is 3.44. The van der Waals surface area contributed by atoms with E-state index in [1.54, 1.807) is 41.9 Å². The second-order valence-electron chi connectivity index (χ2n) is 6.30. The molecule has 1 atom stereocenters. The maximum Gasteiger partial charge on any atom is 0.286 e. The summed E-state index contributed by atoms with van der Waals surface area (Å²) >= 11 is 7.95. The fraction of sp³-hybridized carbons (Fsp3) is 0.150. The number of fused-ring (bicyclic) bond motifs is 2. The van der Waals surface area contributed by atoms with Crippen LogP contribution in [0.4, 0.5) is 11.4 Å². The van der Waals surface area contributed by atoms with Gasteiger partial charge in [-0.1, -0.05) is 54.6 Å². The Morgan fingerprint density at radius 3 is 2.57 bits per heavy atom. The average molecular weight is 433 g/mol. The van der Waals surface area contributed by atoms with E-state index < -0.39 is 15.5 Å². The summed E-state index contributed by atoms with van der Waals surface area (Å²) in [6.45, 7) is 1.73. The number of nitrogens with zero attached hydrogens (tertiary/aromatic N) is 2. The van der Waals surface area contributed by atoms with E-state index in [1.165, 1.54) is 0 Å². The van der Waals surface area contributed by atoms with Crippen molar-refractivity contribution in [3.05, 3.63) is 65.8 Å². The minimum atomic E-state index is -4.35. The average Bonchev–Trinajstić information content (AvgIpc) is 2.67. The molecule has 0 fully saturated rings. The molecule has 28 heavy (non-hydrogen) atoms. The second-order valence-corrected chi connectivity index (χ2v) is 9.37. The fourth-order valence-corrected chi connectivity index (χ4v) is 5.67. The number of anilines is 2. The van der Waals surface area contributed by atoms with Crippen LogP contribution in [-0.2, 0) is 10.1 Å². The summed E-state index contributed by atoms with van der Waals surface area (Å²) in [7, 11) is -4.35. The minimum Gasteiger partial charge on any atom is -0.319 e. The lowest BCUT2D eigenvalue weighted by Gasteiger charge is -2.38. The quantitative estimate of drug-likeness (QED) is 0.539. The topological polar surface area (TPSA) is 70.5 Å². The first kappa shape index (κ1) is 19.3. The predicted molar refractivity (Wildman–Crippen MR) is 113 cm³/mol. The monoisotopic (exact) mass is 432 g/mol. The standard InChI is InChI=1S/C20H17ClN2O3S2/c1-2-18(28(24,25)26)23-15-9-3-4-10-16(15)27-17-11-5-7-13(20(17)23)19-14(21)8-6-12-22-19/h3-12,18H,2H2,1H3,(H,24,25,26). The Morgan fingerprint density at radius 1 is 1.11 bits per heavy atom. The van der Waals surface area contributed by atoms with Gasteiger partial charge < -0.3 is 4.90 Å². The number of para-hydroxylation sites is 2. The van der Waals surface area contributed by atoms with Crippen molar-refractivity contribution in [2.24, 2.45) is 0 Å². The molecule has 0 aliphatic carbocycles. The molecular weight excluding hydrogens is 416 g/mol. The van der Waals surface area contributed by atoms with Crippen molar-refractivity contribution >= 4 is 44.9 Å². The van der Waals surface area contributed by atoms with Crippen LogP contribution in [0.5, 0.6) is 0 Å². The number of rotatable bonds is 4. The van der Waals surface area contributed by atoms with Crippen LogP contribution in [0.1, 0.15) is 13.3 Å². The van der Waals surface area contributed by atoms with Crippen molar-refractivity contribution in [1.29, 1.82) is 0 Å². The van der Waals surface area contributed by atoms with Crippen LogP contribution in [0.2, 0.25) is 5.02 Å². The molecular formula is C20H17ClN2O3S2. The summed E-state index contributed by atoms with van der Waals surface area (Å²) < 4.78 is 34.5. The Bertz CT molecular complexity index is 1150. The number of halogens is 1. The molecule has 144 valence electrons. The highest BCUT2D eigenvalue weighted by Gasteiger charge is 2.37. The molecule has 0 saturated heterocycles. The maximum atomic E-state index is 12.3. The van der Waals surface area contributed by atoms with Crippen LogP contribution in [-0.4, -0.2) is 23.3 Å². The summed E-state index contributed by atoms with van der Waals surface area (Å²) in [5, 5.41) is -0.656. The molecule has 1 N–H and O–H groups in total. The van der Waals surface area contributed by atoms with Gasteiger partial charge in [0.1, 0.15) is 0 Å². The zero-order chi connectivity index (χ0) is 19.9. The van der Waals surface area contributed by atoms with Crippen LogP contribution >= 0.6 is 23.4 Å². The van der Waals surface area contributed by atoms with Crippen LogP contribution in [0.15, 0.2) is 70.6 Å². The molecule has 0 radical (unpaired) electrons. The summed E-state index contributed by atoms with van der Waals surface area (Å²) in [5.41, 5.74) is 2.68. The van der Waals surface area contributed by atoms with Crippen LogP contribution in [0.3, 0.4) is 0 Å². The molecule has 2 aromatic carbocycles. The van der Waals surface area contributed by atoms with Gasteiger partial charge in [-0.2, -0.15) is 8.42 Å². The Balaban J connectivity index is 2.04. The van der Waals surface area contributed by atoms with Crippen LogP contribution in [0.25, 0.3) is 11.3 Å². The van der Waals surface area contributed by atoms with Crippen molar-refractivity contribution in [3.63, 3.8) is 0 Å². The highest BCUT2D eigenvalue weighted by Crippen LogP contribution is 2.53. The third-order valence-corrected chi connectivity index (χ3v) is 7.23. The molecule has 0 amide bonds. The van der Waals surface area contributed by atoms with E-state index in [0.29, 0.717) is 22.0 Å². The number of pyridine rings is 1. The molecule has 0 saturated carbocycles. The zero-order valence-corrected chi connectivity index (χ0v) is 17.3. The van der Waals surface area contributed by atoms with E-state index in [4.69, 9.17) is 11.6 Å². The Morgan fingerprint density at radius 2 is 1.86 bits per heavy atom. The lowest BCUT2D eigenvalue weighted by molar-refractivity contribution is 0.464. The molecule has 1 aliphatic rings. The molecule has 3 aromatic rings. The van der Waals surface area contributed by atoms with Crippen molar-refractivity contribution in [2.75, 3.05) is 4.90 Å². The Labute approximate surface area is 173 Å². The van der Waals surface area contributed by atoms with E-state index in [0.717, 1.165) is 15.5 Å². The van der Waals surface area contributed by atoms with Gasteiger partial charge >= 0.3 is 0 Å². The number of hydrogen-bond donors (Lipinski definition) is 1. The van der Waals surface area contributed by atoms with Crippen molar-refractivity contribution in [1.82, 2.24) is 4.98 Å². The van der Waals surface area contributed by atoms with E-state index in [9.17, 15) is 13.0 Å². The minimum absolute atomic E-state index is 0.210. The first-order chi connectivity index (χ1) is 13.4. The highest BCUT2D eigenvalue weighted by atomic mass is 35.5. The van der Waals surface area contributed by atoms with E-state index >= 15 is 0 Å². The number of aromatic nitrogens is 1. The van der Waals surface area contributed by atoms with Crippen molar-refractivity contribution in [2.45, 2.75) is 28.5 Å². The highest BCUT2D eigenvalue weighted by molar-refractivity contribution is 7.99. The largest absolute Gasteiger partial charge is 0.319 e. The lowest BCUT2D eigenvalue weighted by atomic mass is 10.1. The normalized spacial score (nSPS) is 14.3. The molecule has 4 rings (SSSR count). The Hall–Kier alpha value is -2.06. The van der Waals surface area contributed by atoms with Gasteiger partial charge in [0.05, 0.1) is 22.1 Å². The Kier molecular flexibility index (Phi) is 5.09. The molecule has 2 heterocycles. The second kappa shape index (κ2) is 7.40. The summed E-state index contributed by atoms with van der Waals surface area (Å²) in [4.78, 5) is 7.90. The van der Waals surface area contributed by atoms with Gasteiger partial charge in [0.2, 0.25) is 0 Å². The van der Waals surface area contributed by atoms with Crippen LogP contribution in [0, 0.1) is 0 Å². The number of hydrogen-bond acceptors (Lipinski definition) is 5. The predicted octanol–water partition coefficient (Wildman–Crippen LogP) is 5.63. The SMILES string of the molecule is CCC(N1c2ccccc2Sc2cccc(-c3ncccc3Cl)c21)S(=O)(=O)O. The van der Waals surface area contributed by atoms with Gasteiger partial charge in [0.25, 0.3) is 10.1 Å². The number of benzene rings is 2. The zero-order valence-electron chi connectivity index (χ0n) is 14.9. The third-order valence-electron chi connectivity index (χ3n) is 4.58. The first-order valence-corrected chi connectivity index (χ1v) is 11.4. The lowest BCUT2D eigenvalue weighted by Crippen LogP contribution is -2.39. The van der Waals surface area contributed by atoms with Gasteiger partial charge in [0.15, 0.2) is 5.37 Å². The van der Waals surface area contributed by atoms with Gasteiger partial charge in [-0.15, -0.1) is 0 Å². The van der Waals surface area contributed by atoms with Gasteiger partial charge in [-0.3, -0.25) is 9.54 Å². The smallest absolute Gasteiger partial charge is 0.286 e. The van der Waals surface area contributed by atoms with Crippen molar-refractivity contribution < 1.29 is 13.0 Å². The summed E-state index contributed by atoms with van der Waals surface area (Å²) in [6, 6.07) is 16.7. The first-order valence-electron chi connectivity index (χ1n) is 8.68. The molecule has 0 spiro atoms. The molecule has 1 aromatic heterocycles. The van der Waals surface area contributed by atoms with Gasteiger partial charge in [-0.05, 0) is 36.8 Å². The van der Waals surface area contributed by atoms with Gasteiger partial charge in [-0.25, -0.2) is 0 Å². The van der Waals surface area contributed by atoms with E-state index in [-0.39, 0.29) is 6.42 Å². The van der Waals surface area contributed by atoms with Crippen molar-refractivity contribution in [3.8, 4) is 11.3 Å². The molecule has 0 bridgehead atoms. The maximum absolute atomic E-state index is 12.3. The molecule has 8 heteroatoms. The summed E-state index contributed by atoms with van der Waals surface area (Å²) in [6.07, 6.45) is 1.86. The van der Waals surface area contributed by atoms with Crippen LogP contribution < -0.4 is 4.90 Å². The van der Waals surface area contributed by atoms with E-state index in [1.807, 2.05) is 42.5 Å². The van der Waals surface area contributed by atoms with Gasteiger partial charge in [0, 0.05) is 21.6 Å². The summed E-state index contributed by atoms with van der Waals surface area (Å²) in [5.74, 6) is 0. The van der Waals surface area contributed by atoms with E-state index in [2.05, 4.69) is 4.98 Å². The third kappa shape index (κ3) is 3.28. The molecule has 1 aliphatic heterocycles. The molecule has 1 unspecified atom stereocenters.